The SMILES string of the molecule is CCOP(C)(=O)C(C)OCc1ccc(Br)c([C@@H](OC)C(C)(C)C)c1. The average Bonchev–Trinajstić information content (AvgIpc) is 2.46. The first-order valence-electron chi connectivity index (χ1n) is 8.17. The van der Waals surface area contributed by atoms with Crippen LogP contribution in [0, 0.1) is 5.41 Å². The van der Waals surface area contributed by atoms with Gasteiger partial charge in [-0.3, -0.25) is 4.57 Å². The molecule has 138 valence electrons. The summed E-state index contributed by atoms with van der Waals surface area (Å²) in [6, 6.07) is 6.08. The molecule has 24 heavy (non-hydrogen) atoms. The quantitative estimate of drug-likeness (QED) is 0.484. The molecule has 0 saturated carbocycles. The number of rotatable bonds is 8. The summed E-state index contributed by atoms with van der Waals surface area (Å²) in [5.41, 5.74) is 2.07. The van der Waals surface area contributed by atoms with Crippen LogP contribution in [-0.4, -0.2) is 26.2 Å². The lowest BCUT2D eigenvalue weighted by molar-refractivity contribution is 0.0144. The van der Waals surface area contributed by atoms with Crippen LogP contribution in [0.25, 0.3) is 0 Å². The van der Waals surface area contributed by atoms with Gasteiger partial charge in [-0.2, -0.15) is 0 Å². The molecular formula is C18H30BrO4P. The molecule has 0 bridgehead atoms. The van der Waals surface area contributed by atoms with Gasteiger partial charge in [0.05, 0.1) is 19.3 Å². The minimum atomic E-state index is -2.75. The third kappa shape index (κ3) is 5.96. The lowest BCUT2D eigenvalue weighted by Gasteiger charge is -2.31. The van der Waals surface area contributed by atoms with Gasteiger partial charge >= 0.3 is 0 Å². The monoisotopic (exact) mass is 420 g/mol. The van der Waals surface area contributed by atoms with Crippen molar-refractivity contribution in [2.45, 2.75) is 53.2 Å². The lowest BCUT2D eigenvalue weighted by atomic mass is 9.84. The highest BCUT2D eigenvalue weighted by atomic mass is 79.9. The smallest absolute Gasteiger partial charge is 0.227 e. The van der Waals surface area contributed by atoms with E-state index in [1.54, 1.807) is 20.7 Å². The minimum absolute atomic E-state index is 0.0296. The molecule has 6 heteroatoms. The molecule has 0 spiro atoms. The highest BCUT2D eigenvalue weighted by Crippen LogP contribution is 2.48. The second-order valence-electron chi connectivity index (χ2n) is 7.07. The predicted molar refractivity (Wildman–Crippen MR) is 103 cm³/mol. The molecule has 0 aliphatic rings. The normalized spacial score (nSPS) is 17.3. The average molecular weight is 421 g/mol. The van der Waals surface area contributed by atoms with Gasteiger partial charge in [0, 0.05) is 18.2 Å². The predicted octanol–water partition coefficient (Wildman–Crippen LogP) is 5.99. The molecule has 4 nitrogen and oxygen atoms in total. The molecule has 0 radical (unpaired) electrons. The zero-order valence-corrected chi connectivity index (χ0v) is 18.2. The molecule has 0 aliphatic carbocycles. The first-order valence-corrected chi connectivity index (χ1v) is 11.1. The second kappa shape index (κ2) is 8.95. The Labute approximate surface area is 154 Å². The van der Waals surface area contributed by atoms with Gasteiger partial charge in [0.1, 0.15) is 5.85 Å². The van der Waals surface area contributed by atoms with Crippen molar-refractivity contribution in [2.24, 2.45) is 5.41 Å². The third-order valence-electron chi connectivity index (χ3n) is 3.90. The first kappa shape index (κ1) is 21.9. The Hall–Kier alpha value is -0.190. The molecule has 1 rings (SSSR count). The molecule has 0 aliphatic heterocycles. The van der Waals surface area contributed by atoms with Crippen LogP contribution in [0.4, 0.5) is 0 Å². The van der Waals surface area contributed by atoms with Gasteiger partial charge in [0.15, 0.2) is 0 Å². The molecule has 0 aromatic heterocycles. The van der Waals surface area contributed by atoms with E-state index >= 15 is 0 Å². The van der Waals surface area contributed by atoms with Crippen molar-refractivity contribution in [3.63, 3.8) is 0 Å². The molecule has 0 fully saturated rings. The fourth-order valence-corrected chi connectivity index (χ4v) is 4.07. The van der Waals surface area contributed by atoms with E-state index in [9.17, 15) is 4.57 Å². The molecule has 0 heterocycles. The van der Waals surface area contributed by atoms with E-state index in [0.717, 1.165) is 15.6 Å². The van der Waals surface area contributed by atoms with E-state index in [1.807, 2.05) is 19.1 Å². The Bertz CT molecular complexity index is 583. The van der Waals surface area contributed by atoms with Crippen LogP contribution in [0.15, 0.2) is 22.7 Å². The Morgan fingerprint density at radius 3 is 2.42 bits per heavy atom. The summed E-state index contributed by atoms with van der Waals surface area (Å²) in [7, 11) is -1.02. The lowest BCUT2D eigenvalue weighted by Crippen LogP contribution is -2.20. The van der Waals surface area contributed by atoms with Crippen LogP contribution >= 0.6 is 23.3 Å². The third-order valence-corrected chi connectivity index (χ3v) is 6.87. The van der Waals surface area contributed by atoms with Crippen molar-refractivity contribution < 1.29 is 18.6 Å². The summed E-state index contributed by atoms with van der Waals surface area (Å²) < 4.78 is 30.2. The van der Waals surface area contributed by atoms with Gasteiger partial charge in [-0.1, -0.05) is 42.8 Å². The molecule has 0 N–H and O–H groups in total. The standard InChI is InChI=1S/C18H30BrO4P/c1-8-23-24(7,20)13(2)22-12-14-9-10-16(19)15(11-14)17(21-6)18(3,4)5/h9-11,13,17H,8,12H2,1-7H3/t13?,17-,24?/m1/s1. The summed E-state index contributed by atoms with van der Waals surface area (Å²) in [4.78, 5) is 0. The highest BCUT2D eigenvalue weighted by Gasteiger charge is 2.28. The van der Waals surface area contributed by atoms with E-state index in [2.05, 4.69) is 42.8 Å². The first-order chi connectivity index (χ1) is 11.0. The fourth-order valence-electron chi connectivity index (χ4n) is 2.54. The largest absolute Gasteiger partial charge is 0.376 e. The Balaban J connectivity index is 2.92. The van der Waals surface area contributed by atoms with Crippen molar-refractivity contribution >= 4 is 23.3 Å². The maximum absolute atomic E-state index is 12.4. The number of halogens is 1. The van der Waals surface area contributed by atoms with Crippen LogP contribution < -0.4 is 0 Å². The molecule has 1 aromatic carbocycles. The van der Waals surface area contributed by atoms with Crippen LogP contribution in [0.2, 0.25) is 0 Å². The maximum Gasteiger partial charge on any atom is 0.227 e. The Morgan fingerprint density at radius 1 is 1.29 bits per heavy atom. The molecule has 0 saturated heterocycles. The number of ether oxygens (including phenoxy) is 2. The molecule has 1 aromatic rings. The van der Waals surface area contributed by atoms with Crippen molar-refractivity contribution in [2.75, 3.05) is 20.4 Å². The van der Waals surface area contributed by atoms with Crippen molar-refractivity contribution in [3.05, 3.63) is 33.8 Å². The summed E-state index contributed by atoms with van der Waals surface area (Å²) in [6.07, 6.45) is -0.0371. The van der Waals surface area contributed by atoms with E-state index in [1.165, 1.54) is 0 Å². The molecule has 0 amide bonds. The number of hydrogen-bond donors (Lipinski definition) is 0. The topological polar surface area (TPSA) is 44.8 Å². The molecule has 3 atom stereocenters. The van der Waals surface area contributed by atoms with E-state index in [-0.39, 0.29) is 11.5 Å². The minimum Gasteiger partial charge on any atom is -0.376 e. The van der Waals surface area contributed by atoms with Gasteiger partial charge < -0.3 is 14.0 Å². The van der Waals surface area contributed by atoms with Crippen LogP contribution in [0.3, 0.4) is 0 Å². The Kier molecular flexibility index (Phi) is 8.15. The zero-order chi connectivity index (χ0) is 18.5. The highest BCUT2D eigenvalue weighted by molar-refractivity contribution is 9.10. The van der Waals surface area contributed by atoms with Gasteiger partial charge in [-0.05, 0) is 42.5 Å². The zero-order valence-electron chi connectivity index (χ0n) is 15.8. The number of benzene rings is 1. The summed E-state index contributed by atoms with van der Waals surface area (Å²) in [6.45, 7) is 12.5. The van der Waals surface area contributed by atoms with E-state index in [0.29, 0.717) is 13.2 Å². The van der Waals surface area contributed by atoms with Crippen molar-refractivity contribution in [3.8, 4) is 0 Å². The maximum atomic E-state index is 12.4. The molecule has 2 unspecified atom stereocenters. The second-order valence-corrected chi connectivity index (χ2v) is 10.7. The number of hydrogen-bond acceptors (Lipinski definition) is 4. The fraction of sp³-hybridized carbons (Fsp3) is 0.667. The van der Waals surface area contributed by atoms with Gasteiger partial charge in [-0.15, -0.1) is 0 Å². The Morgan fingerprint density at radius 2 is 1.92 bits per heavy atom. The molecular weight excluding hydrogens is 391 g/mol. The number of methoxy groups -OCH3 is 1. The van der Waals surface area contributed by atoms with Gasteiger partial charge in [0.2, 0.25) is 7.37 Å². The van der Waals surface area contributed by atoms with Crippen LogP contribution in [0.5, 0.6) is 0 Å². The van der Waals surface area contributed by atoms with Gasteiger partial charge in [-0.25, -0.2) is 0 Å². The van der Waals surface area contributed by atoms with Crippen molar-refractivity contribution in [1.82, 2.24) is 0 Å². The summed E-state index contributed by atoms with van der Waals surface area (Å²) in [5, 5.41) is 0. The van der Waals surface area contributed by atoms with Crippen LogP contribution in [0.1, 0.15) is 51.8 Å². The van der Waals surface area contributed by atoms with E-state index < -0.39 is 13.2 Å². The van der Waals surface area contributed by atoms with Gasteiger partial charge in [0.25, 0.3) is 0 Å². The van der Waals surface area contributed by atoms with Crippen LogP contribution in [-0.2, 0) is 25.2 Å². The van der Waals surface area contributed by atoms with E-state index in [4.69, 9.17) is 14.0 Å². The summed E-state index contributed by atoms with van der Waals surface area (Å²) in [5.74, 6) is -0.439. The summed E-state index contributed by atoms with van der Waals surface area (Å²) >= 11 is 3.61. The van der Waals surface area contributed by atoms with Crippen molar-refractivity contribution in [1.29, 1.82) is 0 Å².